The molecule has 0 spiro atoms. The van der Waals surface area contributed by atoms with Crippen molar-refractivity contribution in [2.75, 3.05) is 64.9 Å². The standard InChI is InChI=1S/C20H36N6O.HI/c1-17(2)6-13-27-14-8-23-20(21-3)24-16-18-5-7-22-19(15-18)26-11-9-25(4)10-12-26;/h5,7,15,17H,6,8-14,16H2,1-4H3,(H2,21,23,24);1H. The average molecular weight is 504 g/mol. The smallest absolute Gasteiger partial charge is 0.191 e. The Morgan fingerprint density at radius 3 is 2.64 bits per heavy atom. The minimum atomic E-state index is 0. The number of rotatable bonds is 9. The lowest BCUT2D eigenvalue weighted by molar-refractivity contribution is 0.128. The number of aliphatic imine (C=N–C) groups is 1. The monoisotopic (exact) mass is 504 g/mol. The molecular weight excluding hydrogens is 467 g/mol. The van der Waals surface area contributed by atoms with E-state index in [2.05, 4.69) is 63.4 Å². The lowest BCUT2D eigenvalue weighted by Crippen LogP contribution is -2.44. The molecule has 28 heavy (non-hydrogen) atoms. The first-order chi connectivity index (χ1) is 13.1. The normalized spacial score (nSPS) is 15.5. The molecule has 0 bridgehead atoms. The Labute approximate surface area is 187 Å². The highest BCUT2D eigenvalue weighted by Crippen LogP contribution is 2.14. The minimum Gasteiger partial charge on any atom is -0.380 e. The van der Waals surface area contributed by atoms with Gasteiger partial charge in [0.1, 0.15) is 5.82 Å². The predicted octanol–water partition coefficient (Wildman–Crippen LogP) is 2.18. The van der Waals surface area contributed by atoms with E-state index < -0.39 is 0 Å². The zero-order chi connectivity index (χ0) is 19.5. The van der Waals surface area contributed by atoms with Gasteiger partial charge in [-0.2, -0.15) is 0 Å². The zero-order valence-electron chi connectivity index (χ0n) is 17.8. The van der Waals surface area contributed by atoms with Crippen LogP contribution in [0.4, 0.5) is 5.82 Å². The molecule has 0 amide bonds. The summed E-state index contributed by atoms with van der Waals surface area (Å²) in [6.45, 7) is 11.6. The first kappa shape index (κ1) is 24.9. The van der Waals surface area contributed by atoms with Crippen molar-refractivity contribution < 1.29 is 4.74 Å². The fourth-order valence-corrected chi connectivity index (χ4v) is 2.85. The van der Waals surface area contributed by atoms with Crippen LogP contribution in [0.1, 0.15) is 25.8 Å². The first-order valence-electron chi connectivity index (χ1n) is 9.99. The number of nitrogens with one attached hydrogen (secondary N) is 2. The third-order valence-corrected chi connectivity index (χ3v) is 4.70. The van der Waals surface area contributed by atoms with Crippen LogP contribution in [-0.2, 0) is 11.3 Å². The van der Waals surface area contributed by atoms with Crippen LogP contribution in [0.5, 0.6) is 0 Å². The maximum Gasteiger partial charge on any atom is 0.191 e. The van der Waals surface area contributed by atoms with Crippen molar-refractivity contribution >= 4 is 35.8 Å². The van der Waals surface area contributed by atoms with Gasteiger partial charge in [-0.05, 0) is 37.1 Å². The van der Waals surface area contributed by atoms with Crippen LogP contribution in [-0.4, -0.2) is 75.9 Å². The fourth-order valence-electron chi connectivity index (χ4n) is 2.85. The van der Waals surface area contributed by atoms with Crippen LogP contribution in [0, 0.1) is 5.92 Å². The molecule has 7 nitrogen and oxygen atoms in total. The summed E-state index contributed by atoms with van der Waals surface area (Å²) in [7, 11) is 3.95. The molecule has 160 valence electrons. The van der Waals surface area contributed by atoms with Gasteiger partial charge in [-0.1, -0.05) is 13.8 Å². The Morgan fingerprint density at radius 1 is 1.21 bits per heavy atom. The highest BCUT2D eigenvalue weighted by Gasteiger charge is 2.15. The van der Waals surface area contributed by atoms with Crippen LogP contribution in [0.2, 0.25) is 0 Å². The highest BCUT2D eigenvalue weighted by atomic mass is 127. The van der Waals surface area contributed by atoms with Gasteiger partial charge in [0.25, 0.3) is 0 Å². The molecule has 0 atom stereocenters. The minimum absolute atomic E-state index is 0. The molecule has 1 aromatic rings. The Balaban J connectivity index is 0.00000392. The lowest BCUT2D eigenvalue weighted by Gasteiger charge is -2.33. The number of pyridine rings is 1. The van der Waals surface area contributed by atoms with E-state index in [1.54, 1.807) is 7.05 Å². The van der Waals surface area contributed by atoms with Crippen molar-refractivity contribution in [2.45, 2.75) is 26.8 Å². The maximum atomic E-state index is 5.63. The van der Waals surface area contributed by atoms with Gasteiger partial charge in [0.15, 0.2) is 5.96 Å². The highest BCUT2D eigenvalue weighted by molar-refractivity contribution is 14.0. The van der Waals surface area contributed by atoms with E-state index >= 15 is 0 Å². The topological polar surface area (TPSA) is 65.0 Å². The number of ether oxygens (including phenoxy) is 1. The quantitative estimate of drug-likeness (QED) is 0.233. The summed E-state index contributed by atoms with van der Waals surface area (Å²) in [5.41, 5.74) is 1.20. The van der Waals surface area contributed by atoms with Gasteiger partial charge in [0.05, 0.1) is 6.61 Å². The molecule has 0 saturated carbocycles. The van der Waals surface area contributed by atoms with Gasteiger partial charge in [0, 0.05) is 59.1 Å². The zero-order valence-corrected chi connectivity index (χ0v) is 20.1. The summed E-state index contributed by atoms with van der Waals surface area (Å²) in [6, 6.07) is 4.22. The molecular formula is C20H37IN6O. The molecule has 0 radical (unpaired) electrons. The molecule has 2 rings (SSSR count). The van der Waals surface area contributed by atoms with Crippen LogP contribution < -0.4 is 15.5 Å². The number of likely N-dealkylation sites (N-methyl/N-ethyl adjacent to an activating group) is 1. The molecule has 2 heterocycles. The Hall–Kier alpha value is -1.13. The molecule has 1 aliphatic rings. The van der Waals surface area contributed by atoms with E-state index in [9.17, 15) is 0 Å². The summed E-state index contributed by atoms with van der Waals surface area (Å²) in [6.07, 6.45) is 2.99. The Morgan fingerprint density at radius 2 is 1.96 bits per heavy atom. The van der Waals surface area contributed by atoms with E-state index in [0.717, 1.165) is 64.1 Å². The third kappa shape index (κ3) is 9.38. The second kappa shape index (κ2) is 13.9. The first-order valence-corrected chi connectivity index (χ1v) is 9.99. The molecule has 0 unspecified atom stereocenters. The van der Waals surface area contributed by atoms with Gasteiger partial charge in [0.2, 0.25) is 0 Å². The summed E-state index contributed by atoms with van der Waals surface area (Å²) < 4.78 is 5.63. The molecule has 1 aromatic heterocycles. The second-order valence-electron chi connectivity index (χ2n) is 7.46. The van der Waals surface area contributed by atoms with Crippen molar-refractivity contribution in [1.29, 1.82) is 0 Å². The van der Waals surface area contributed by atoms with Gasteiger partial charge in [-0.15, -0.1) is 24.0 Å². The molecule has 2 N–H and O–H groups in total. The Bertz CT molecular complexity index is 576. The Kier molecular flexibility index (Phi) is 12.4. The summed E-state index contributed by atoms with van der Waals surface area (Å²) >= 11 is 0. The SMILES string of the molecule is CN=C(NCCOCCC(C)C)NCc1ccnc(N2CCN(C)CC2)c1.I. The number of anilines is 1. The lowest BCUT2D eigenvalue weighted by atomic mass is 10.1. The van der Waals surface area contributed by atoms with Crippen molar-refractivity contribution in [2.24, 2.45) is 10.9 Å². The van der Waals surface area contributed by atoms with Crippen molar-refractivity contribution in [3.8, 4) is 0 Å². The van der Waals surface area contributed by atoms with Crippen LogP contribution in [0.25, 0.3) is 0 Å². The largest absolute Gasteiger partial charge is 0.380 e. The van der Waals surface area contributed by atoms with Crippen molar-refractivity contribution in [3.63, 3.8) is 0 Å². The predicted molar refractivity (Wildman–Crippen MR) is 128 cm³/mol. The third-order valence-electron chi connectivity index (χ3n) is 4.70. The number of hydrogen-bond acceptors (Lipinski definition) is 5. The van der Waals surface area contributed by atoms with Crippen LogP contribution in [0.15, 0.2) is 23.3 Å². The fraction of sp³-hybridized carbons (Fsp3) is 0.700. The van der Waals surface area contributed by atoms with Crippen LogP contribution >= 0.6 is 24.0 Å². The van der Waals surface area contributed by atoms with E-state index in [4.69, 9.17) is 4.74 Å². The van der Waals surface area contributed by atoms with Crippen LogP contribution in [0.3, 0.4) is 0 Å². The van der Waals surface area contributed by atoms with E-state index in [-0.39, 0.29) is 24.0 Å². The summed E-state index contributed by atoms with van der Waals surface area (Å²) in [4.78, 5) is 13.5. The molecule has 0 aromatic carbocycles. The van der Waals surface area contributed by atoms with Crippen molar-refractivity contribution in [3.05, 3.63) is 23.9 Å². The molecule has 1 fully saturated rings. The number of guanidine groups is 1. The summed E-state index contributed by atoms with van der Waals surface area (Å²) in [5.74, 6) is 2.54. The molecule has 1 aliphatic heterocycles. The molecule has 0 aliphatic carbocycles. The number of aromatic nitrogens is 1. The van der Waals surface area contributed by atoms with E-state index in [1.165, 1.54) is 5.56 Å². The average Bonchev–Trinajstić information content (AvgIpc) is 2.67. The van der Waals surface area contributed by atoms with E-state index in [1.807, 2.05) is 6.20 Å². The van der Waals surface area contributed by atoms with Gasteiger partial charge >= 0.3 is 0 Å². The van der Waals surface area contributed by atoms with E-state index in [0.29, 0.717) is 12.5 Å². The number of hydrogen-bond donors (Lipinski definition) is 2. The van der Waals surface area contributed by atoms with Crippen molar-refractivity contribution in [1.82, 2.24) is 20.5 Å². The molecule has 8 heteroatoms. The van der Waals surface area contributed by atoms with Gasteiger partial charge < -0.3 is 25.2 Å². The number of halogens is 1. The number of piperazine rings is 1. The maximum absolute atomic E-state index is 5.63. The second-order valence-corrected chi connectivity index (χ2v) is 7.46. The molecule has 1 saturated heterocycles. The number of nitrogens with zero attached hydrogens (tertiary/aromatic N) is 4. The van der Waals surface area contributed by atoms with Gasteiger partial charge in [-0.3, -0.25) is 4.99 Å². The summed E-state index contributed by atoms with van der Waals surface area (Å²) in [5, 5.41) is 6.65. The van der Waals surface area contributed by atoms with Gasteiger partial charge in [-0.25, -0.2) is 4.98 Å².